The van der Waals surface area contributed by atoms with Crippen molar-refractivity contribution in [3.63, 3.8) is 0 Å². The van der Waals surface area contributed by atoms with E-state index in [1.54, 1.807) is 20.8 Å². The fourth-order valence-corrected chi connectivity index (χ4v) is 4.99. The van der Waals surface area contributed by atoms with Crippen molar-refractivity contribution in [1.29, 1.82) is 0 Å². The van der Waals surface area contributed by atoms with Gasteiger partial charge in [0.15, 0.2) is 18.4 Å². The van der Waals surface area contributed by atoms with Gasteiger partial charge in [-0.2, -0.15) is 4.98 Å². The minimum Gasteiger partial charge on any atom is -0.464 e. The van der Waals surface area contributed by atoms with Crippen molar-refractivity contribution in [2.45, 2.75) is 104 Å². The summed E-state index contributed by atoms with van der Waals surface area (Å²) >= 11 is 0. The van der Waals surface area contributed by atoms with Crippen molar-refractivity contribution in [1.82, 2.24) is 19.8 Å². The van der Waals surface area contributed by atoms with Crippen molar-refractivity contribution in [3.8, 4) is 0 Å². The van der Waals surface area contributed by atoms with E-state index in [9.17, 15) is 33.6 Å². The van der Waals surface area contributed by atoms with Crippen LogP contribution in [-0.4, -0.2) is 99.4 Å². The molecule has 17 nitrogen and oxygen atoms in total. The van der Waals surface area contributed by atoms with Crippen LogP contribution in [0.2, 0.25) is 0 Å². The highest BCUT2D eigenvalue weighted by Gasteiger charge is 2.54. The zero-order chi connectivity index (χ0) is 33.6. The summed E-state index contributed by atoms with van der Waals surface area (Å²) in [5.74, 6) is -3.46. The molecule has 248 valence electrons. The zero-order valence-corrected chi connectivity index (χ0v) is 26.2. The fourth-order valence-electron chi connectivity index (χ4n) is 4.99. The second-order valence-electron chi connectivity index (χ2n) is 11.6. The van der Waals surface area contributed by atoms with E-state index >= 15 is 0 Å². The van der Waals surface area contributed by atoms with Crippen LogP contribution in [0.15, 0.2) is 17.1 Å². The fraction of sp³-hybridized carbons (Fsp3) is 0.643. The Bertz CT molecular complexity index is 1370. The molecule has 0 unspecified atom stereocenters. The highest BCUT2D eigenvalue weighted by Crippen LogP contribution is 2.35. The maximum atomic E-state index is 13.6. The first-order valence-electron chi connectivity index (χ1n) is 14.3. The first-order chi connectivity index (χ1) is 21.0. The molecule has 0 saturated carbocycles. The number of hydrogen-bond donors (Lipinski definition) is 2. The van der Waals surface area contributed by atoms with E-state index in [2.05, 4.69) is 15.6 Å². The molecule has 2 N–H and O–H groups in total. The Morgan fingerprint density at radius 2 is 1.67 bits per heavy atom. The van der Waals surface area contributed by atoms with Gasteiger partial charge in [-0.3, -0.25) is 33.4 Å². The number of esters is 3. The topological polar surface area (TPSA) is 211 Å². The summed E-state index contributed by atoms with van der Waals surface area (Å²) in [4.78, 5) is 92.1. The van der Waals surface area contributed by atoms with Gasteiger partial charge in [0.1, 0.15) is 30.2 Å². The summed E-state index contributed by atoms with van der Waals surface area (Å²) in [7, 11) is 0. The van der Waals surface area contributed by atoms with E-state index in [1.165, 1.54) is 24.1 Å². The van der Waals surface area contributed by atoms with Gasteiger partial charge in [-0.05, 0) is 39.7 Å². The Morgan fingerprint density at radius 3 is 2.22 bits per heavy atom. The predicted molar refractivity (Wildman–Crippen MR) is 152 cm³/mol. The highest BCUT2D eigenvalue weighted by molar-refractivity contribution is 5.87. The van der Waals surface area contributed by atoms with Gasteiger partial charge in [0.25, 0.3) is 0 Å². The molecule has 3 heterocycles. The first kappa shape index (κ1) is 34.9. The Morgan fingerprint density at radius 1 is 1.02 bits per heavy atom. The van der Waals surface area contributed by atoms with Gasteiger partial charge in [0, 0.05) is 40.4 Å². The average Bonchev–Trinajstić information content (AvgIpc) is 3.51. The van der Waals surface area contributed by atoms with Gasteiger partial charge >= 0.3 is 29.7 Å². The van der Waals surface area contributed by atoms with Gasteiger partial charge in [-0.15, -0.1) is 0 Å². The predicted octanol–water partition coefficient (Wildman–Crippen LogP) is 0.410. The van der Waals surface area contributed by atoms with Crippen LogP contribution in [0.4, 0.5) is 10.6 Å². The summed E-state index contributed by atoms with van der Waals surface area (Å²) in [6.07, 6.45) is -4.25. The molecule has 0 aromatic carbocycles. The molecular formula is C28H39N5O12. The number of carbonyl (C=O) groups excluding carboxylic acids is 6. The molecule has 0 spiro atoms. The molecule has 2 aliphatic heterocycles. The molecule has 2 aliphatic rings. The molecule has 45 heavy (non-hydrogen) atoms. The molecule has 6 atom stereocenters. The second kappa shape index (κ2) is 14.5. The van der Waals surface area contributed by atoms with E-state index < -0.39 is 90.3 Å². The number of ether oxygens (including phenoxy) is 5. The molecule has 17 heteroatoms. The molecule has 2 fully saturated rings. The number of carbonyl (C=O) groups is 6. The number of likely N-dealkylation sites (tertiary alicyclic amines) is 1. The normalized spacial score (nSPS) is 23.4. The van der Waals surface area contributed by atoms with E-state index in [0.717, 1.165) is 25.3 Å². The number of aromatic nitrogens is 2. The van der Waals surface area contributed by atoms with Crippen LogP contribution in [0.1, 0.15) is 67.5 Å². The Hall–Kier alpha value is -4.54. The van der Waals surface area contributed by atoms with Crippen LogP contribution < -0.4 is 16.3 Å². The summed E-state index contributed by atoms with van der Waals surface area (Å²) in [5, 5.41) is 5.10. The van der Waals surface area contributed by atoms with Gasteiger partial charge in [0.2, 0.25) is 11.8 Å². The Labute approximate surface area is 258 Å². The maximum Gasteiger partial charge on any atom is 0.410 e. The molecule has 3 amide bonds. The van der Waals surface area contributed by atoms with Gasteiger partial charge in [-0.1, -0.05) is 0 Å². The first-order valence-corrected chi connectivity index (χ1v) is 14.3. The van der Waals surface area contributed by atoms with Crippen molar-refractivity contribution < 1.29 is 52.5 Å². The number of anilines is 1. The van der Waals surface area contributed by atoms with Gasteiger partial charge in [0.05, 0.1) is 6.04 Å². The van der Waals surface area contributed by atoms with Crippen LogP contribution in [0, 0.1) is 0 Å². The van der Waals surface area contributed by atoms with Crippen LogP contribution in [0.3, 0.4) is 0 Å². The summed E-state index contributed by atoms with van der Waals surface area (Å²) in [6, 6.07) is -0.868. The van der Waals surface area contributed by atoms with E-state index in [0.29, 0.717) is 12.8 Å². The molecular weight excluding hydrogens is 598 g/mol. The highest BCUT2D eigenvalue weighted by atomic mass is 16.6. The summed E-state index contributed by atoms with van der Waals surface area (Å²) in [6.45, 7) is 9.45. The lowest BCUT2D eigenvalue weighted by atomic mass is 10.0. The van der Waals surface area contributed by atoms with Crippen LogP contribution in [0.5, 0.6) is 0 Å². The molecule has 1 aromatic rings. The zero-order valence-electron chi connectivity index (χ0n) is 26.2. The molecule has 1 aromatic heterocycles. The van der Waals surface area contributed by atoms with Crippen molar-refractivity contribution in [3.05, 3.63) is 22.7 Å². The smallest absolute Gasteiger partial charge is 0.410 e. The lowest BCUT2D eigenvalue weighted by molar-refractivity contribution is -0.166. The molecule has 0 aliphatic carbocycles. The monoisotopic (exact) mass is 637 g/mol. The Kier molecular flexibility index (Phi) is 11.3. The Balaban J connectivity index is 1.99. The number of nitrogens with zero attached hydrogens (tertiary/aromatic N) is 3. The number of nitrogens with one attached hydrogen (secondary N) is 2. The second-order valence-corrected chi connectivity index (χ2v) is 11.6. The number of amides is 3. The summed E-state index contributed by atoms with van der Waals surface area (Å²) < 4.78 is 28.7. The number of rotatable bonds is 9. The molecule has 2 saturated heterocycles. The third kappa shape index (κ3) is 9.47. The largest absolute Gasteiger partial charge is 0.464 e. The van der Waals surface area contributed by atoms with Gasteiger partial charge < -0.3 is 34.3 Å². The van der Waals surface area contributed by atoms with Crippen molar-refractivity contribution in [2.75, 3.05) is 18.5 Å². The lowest BCUT2D eigenvalue weighted by Crippen LogP contribution is -2.56. The third-order valence-corrected chi connectivity index (χ3v) is 6.61. The summed E-state index contributed by atoms with van der Waals surface area (Å²) in [5.41, 5.74) is -1.72. The number of hydrogen-bond acceptors (Lipinski definition) is 13. The maximum absolute atomic E-state index is 13.6. The van der Waals surface area contributed by atoms with Crippen molar-refractivity contribution >= 4 is 41.6 Å². The average molecular weight is 638 g/mol. The molecule has 0 radical (unpaired) electrons. The van der Waals surface area contributed by atoms with E-state index in [4.69, 9.17) is 23.7 Å². The van der Waals surface area contributed by atoms with E-state index in [1.807, 2.05) is 0 Å². The minimum atomic E-state index is -1.43. The molecule has 0 bridgehead atoms. The SMILES string of the molecule is CC(=O)Nc1ccn([C@@H]2O[C@H]([C@@H](COC(C)=O)NC(=O)[C@H]3CCCN3C(=O)OC(C)(C)C)[C@@H](OC(C)=O)[C@H]2OC(C)=O)c(=O)n1. The van der Waals surface area contributed by atoms with Crippen LogP contribution >= 0.6 is 0 Å². The van der Waals surface area contributed by atoms with Crippen molar-refractivity contribution in [2.24, 2.45) is 0 Å². The molecule has 3 rings (SSSR count). The van der Waals surface area contributed by atoms with Gasteiger partial charge in [-0.25, -0.2) is 9.59 Å². The third-order valence-electron chi connectivity index (χ3n) is 6.61. The minimum absolute atomic E-state index is 0.0510. The standard InChI is InChI=1S/C28H39N5O12/c1-14(34)29-20-10-12-33(26(39)31-20)25-23(43-17(4)37)22(42-16(3)36)21(44-25)18(13-41-15(2)35)30-24(38)19-9-8-11-32(19)27(40)45-28(5,6)7/h10,12,18-19,21-23,25H,8-9,11,13H2,1-7H3,(H,30,38)(H,29,31,34,39)/t18-,19-,21-,22-,23-,25-/m1/s1. The quantitative estimate of drug-likeness (QED) is 0.278. The van der Waals surface area contributed by atoms with Crippen LogP contribution in [0.25, 0.3) is 0 Å². The van der Waals surface area contributed by atoms with E-state index in [-0.39, 0.29) is 12.4 Å². The van der Waals surface area contributed by atoms with Crippen LogP contribution in [-0.2, 0) is 47.7 Å². The lowest BCUT2D eigenvalue weighted by Gasteiger charge is -2.31.